The van der Waals surface area contributed by atoms with Crippen molar-refractivity contribution in [3.63, 3.8) is 0 Å². The summed E-state index contributed by atoms with van der Waals surface area (Å²) in [5.74, 6) is -1.07. The zero-order valence-corrected chi connectivity index (χ0v) is 11.3. The number of benzene rings is 1. The Morgan fingerprint density at radius 3 is 2.58 bits per heavy atom. The molecule has 0 saturated carbocycles. The van der Waals surface area contributed by atoms with Crippen molar-refractivity contribution in [2.45, 2.75) is 18.7 Å². The number of sulfonamides is 1. The molecule has 0 radical (unpaired) electrons. The minimum atomic E-state index is -3.94. The molecule has 0 aliphatic rings. The first-order valence-corrected chi connectivity index (χ1v) is 6.72. The molecule has 104 valence electrons. The number of nitrogens with one attached hydrogen (secondary N) is 1. The van der Waals surface area contributed by atoms with Crippen LogP contribution in [0.3, 0.4) is 0 Å². The van der Waals surface area contributed by atoms with Gasteiger partial charge in [0.05, 0.1) is 9.82 Å². The SMILES string of the molecule is C=C(C)CNS(=O)(=O)c1cc([N+](=O)[O-])c(F)cc1C. The standard InChI is InChI=1S/C11H13FN2O4S/c1-7(2)6-13-19(17,18)11-5-10(14(15)16)9(12)4-8(11)3/h4-5,13H,1,6H2,2-3H3. The third kappa shape index (κ3) is 3.58. The van der Waals surface area contributed by atoms with E-state index in [-0.39, 0.29) is 17.0 Å². The van der Waals surface area contributed by atoms with Crippen molar-refractivity contribution in [1.29, 1.82) is 0 Å². The van der Waals surface area contributed by atoms with Gasteiger partial charge in [-0.05, 0) is 25.5 Å². The second kappa shape index (κ2) is 5.45. The van der Waals surface area contributed by atoms with Crippen LogP contribution in [0.15, 0.2) is 29.2 Å². The van der Waals surface area contributed by atoms with Gasteiger partial charge in [0.2, 0.25) is 15.8 Å². The largest absolute Gasteiger partial charge is 0.306 e. The summed E-state index contributed by atoms with van der Waals surface area (Å²) >= 11 is 0. The number of rotatable bonds is 5. The molecule has 1 aromatic carbocycles. The Hall–Kier alpha value is -1.80. The maximum atomic E-state index is 13.3. The van der Waals surface area contributed by atoms with Crippen LogP contribution >= 0.6 is 0 Å². The molecular formula is C11H13FN2O4S. The summed E-state index contributed by atoms with van der Waals surface area (Å²) in [6, 6.07) is 1.54. The van der Waals surface area contributed by atoms with Gasteiger partial charge in [-0.3, -0.25) is 10.1 Å². The molecule has 0 aliphatic carbocycles. The van der Waals surface area contributed by atoms with Gasteiger partial charge in [0.25, 0.3) is 0 Å². The second-order valence-corrected chi connectivity index (χ2v) is 5.84. The van der Waals surface area contributed by atoms with Crippen LogP contribution in [0.2, 0.25) is 0 Å². The number of nitrogens with zero attached hydrogens (tertiary/aromatic N) is 1. The average Bonchev–Trinajstić information content (AvgIpc) is 2.25. The van der Waals surface area contributed by atoms with Gasteiger partial charge in [0, 0.05) is 12.6 Å². The van der Waals surface area contributed by atoms with Crippen molar-refractivity contribution >= 4 is 15.7 Å². The Morgan fingerprint density at radius 2 is 2.11 bits per heavy atom. The zero-order chi connectivity index (χ0) is 14.8. The predicted octanol–water partition coefficient (Wildman–Crippen LogP) is 1.90. The Balaban J connectivity index is 3.30. The number of hydrogen-bond donors (Lipinski definition) is 1. The zero-order valence-electron chi connectivity index (χ0n) is 10.4. The summed E-state index contributed by atoms with van der Waals surface area (Å²) in [6.45, 7) is 6.54. The Labute approximate surface area is 110 Å². The summed E-state index contributed by atoms with van der Waals surface area (Å²) in [4.78, 5) is 9.33. The minimum Gasteiger partial charge on any atom is -0.258 e. The van der Waals surface area contributed by atoms with E-state index in [4.69, 9.17) is 0 Å². The van der Waals surface area contributed by atoms with Gasteiger partial charge in [-0.2, -0.15) is 4.39 Å². The van der Waals surface area contributed by atoms with Crippen molar-refractivity contribution in [3.05, 3.63) is 45.8 Å². The van der Waals surface area contributed by atoms with Crippen LogP contribution in [0, 0.1) is 22.9 Å². The summed E-state index contributed by atoms with van der Waals surface area (Å²) < 4.78 is 39.4. The summed E-state index contributed by atoms with van der Waals surface area (Å²) in [5, 5.41) is 10.6. The van der Waals surface area contributed by atoms with Crippen molar-refractivity contribution in [2.24, 2.45) is 0 Å². The highest BCUT2D eigenvalue weighted by Gasteiger charge is 2.23. The highest BCUT2D eigenvalue weighted by molar-refractivity contribution is 7.89. The molecule has 0 aliphatic heterocycles. The molecule has 0 aromatic heterocycles. The topological polar surface area (TPSA) is 89.3 Å². The van der Waals surface area contributed by atoms with E-state index in [2.05, 4.69) is 11.3 Å². The van der Waals surface area contributed by atoms with Crippen LogP contribution in [0.25, 0.3) is 0 Å². The summed E-state index contributed by atoms with van der Waals surface area (Å²) in [7, 11) is -3.94. The van der Waals surface area contributed by atoms with Crippen molar-refractivity contribution in [2.75, 3.05) is 6.54 Å². The lowest BCUT2D eigenvalue weighted by atomic mass is 10.2. The van der Waals surface area contributed by atoms with Crippen molar-refractivity contribution in [3.8, 4) is 0 Å². The molecule has 8 heteroatoms. The quantitative estimate of drug-likeness (QED) is 0.509. The van der Waals surface area contributed by atoms with Gasteiger partial charge in [0.15, 0.2) is 0 Å². The lowest BCUT2D eigenvalue weighted by Crippen LogP contribution is -2.26. The Morgan fingerprint density at radius 1 is 1.53 bits per heavy atom. The van der Waals surface area contributed by atoms with Crippen molar-refractivity contribution < 1.29 is 17.7 Å². The van der Waals surface area contributed by atoms with Crippen LogP contribution in [-0.2, 0) is 10.0 Å². The smallest absolute Gasteiger partial charge is 0.258 e. The molecule has 0 fully saturated rings. The first-order chi connectivity index (χ1) is 8.65. The first kappa shape index (κ1) is 15.3. The third-order valence-electron chi connectivity index (χ3n) is 2.29. The van der Waals surface area contributed by atoms with Gasteiger partial charge < -0.3 is 0 Å². The number of nitro benzene ring substituents is 1. The van der Waals surface area contributed by atoms with E-state index in [9.17, 15) is 22.9 Å². The first-order valence-electron chi connectivity index (χ1n) is 5.23. The molecule has 0 bridgehead atoms. The van der Waals surface area contributed by atoms with Crippen molar-refractivity contribution in [1.82, 2.24) is 4.72 Å². The number of halogens is 1. The van der Waals surface area contributed by atoms with Gasteiger partial charge in [0.1, 0.15) is 0 Å². The van der Waals surface area contributed by atoms with E-state index in [0.29, 0.717) is 11.6 Å². The molecule has 0 amide bonds. The fourth-order valence-corrected chi connectivity index (χ4v) is 2.71. The Kier molecular flexibility index (Phi) is 4.38. The molecular weight excluding hydrogens is 275 g/mol. The van der Waals surface area contributed by atoms with Gasteiger partial charge in [-0.25, -0.2) is 13.1 Å². The Bertz CT molecular complexity index is 640. The highest BCUT2D eigenvalue weighted by Crippen LogP contribution is 2.25. The van der Waals surface area contributed by atoms with Crippen LogP contribution < -0.4 is 4.72 Å². The summed E-state index contributed by atoms with van der Waals surface area (Å²) in [6.07, 6.45) is 0. The molecule has 6 nitrogen and oxygen atoms in total. The van der Waals surface area contributed by atoms with Crippen LogP contribution in [0.4, 0.5) is 10.1 Å². The lowest BCUT2D eigenvalue weighted by Gasteiger charge is -2.09. The fourth-order valence-electron chi connectivity index (χ4n) is 1.37. The molecule has 19 heavy (non-hydrogen) atoms. The number of aryl methyl sites for hydroxylation is 1. The maximum Gasteiger partial charge on any atom is 0.306 e. The normalized spacial score (nSPS) is 11.3. The molecule has 0 heterocycles. The maximum absolute atomic E-state index is 13.3. The lowest BCUT2D eigenvalue weighted by molar-refractivity contribution is -0.387. The van der Waals surface area contributed by atoms with E-state index < -0.39 is 26.5 Å². The number of nitro groups is 1. The monoisotopic (exact) mass is 288 g/mol. The van der Waals surface area contributed by atoms with E-state index in [1.54, 1.807) is 6.92 Å². The average molecular weight is 288 g/mol. The van der Waals surface area contributed by atoms with E-state index in [0.717, 1.165) is 6.07 Å². The molecule has 0 saturated heterocycles. The highest BCUT2D eigenvalue weighted by atomic mass is 32.2. The van der Waals surface area contributed by atoms with E-state index >= 15 is 0 Å². The molecule has 0 spiro atoms. The molecule has 0 unspecified atom stereocenters. The second-order valence-electron chi connectivity index (χ2n) is 4.11. The van der Waals surface area contributed by atoms with Crippen LogP contribution in [-0.4, -0.2) is 19.9 Å². The van der Waals surface area contributed by atoms with Crippen LogP contribution in [0.5, 0.6) is 0 Å². The van der Waals surface area contributed by atoms with E-state index in [1.807, 2.05) is 0 Å². The van der Waals surface area contributed by atoms with E-state index in [1.165, 1.54) is 6.92 Å². The predicted molar refractivity (Wildman–Crippen MR) is 67.8 cm³/mol. The van der Waals surface area contributed by atoms with Gasteiger partial charge in [-0.1, -0.05) is 12.2 Å². The molecule has 1 rings (SSSR count). The molecule has 0 atom stereocenters. The van der Waals surface area contributed by atoms with Gasteiger partial charge in [-0.15, -0.1) is 0 Å². The van der Waals surface area contributed by atoms with Crippen LogP contribution in [0.1, 0.15) is 12.5 Å². The third-order valence-corrected chi connectivity index (χ3v) is 3.84. The molecule has 1 aromatic rings. The van der Waals surface area contributed by atoms with Gasteiger partial charge >= 0.3 is 5.69 Å². The fraction of sp³-hybridized carbons (Fsp3) is 0.273. The number of hydrogen-bond acceptors (Lipinski definition) is 4. The summed E-state index contributed by atoms with van der Waals surface area (Å²) in [5.41, 5.74) is -0.198. The minimum absolute atomic E-state index is 0.00689. The molecule has 1 N–H and O–H groups in total.